The number of nitrogens with one attached hydrogen (secondary N) is 2. The molecule has 6 heteroatoms. The van der Waals surface area contributed by atoms with Crippen LogP contribution in [0.5, 0.6) is 0 Å². The second kappa shape index (κ2) is 7.18. The molecule has 0 aliphatic rings. The number of benzene rings is 1. The van der Waals surface area contributed by atoms with Gasteiger partial charge < -0.3 is 10.6 Å². The summed E-state index contributed by atoms with van der Waals surface area (Å²) in [5.74, 6) is 1.36. The van der Waals surface area contributed by atoms with Crippen LogP contribution in [0.1, 0.15) is 13.8 Å². The summed E-state index contributed by atoms with van der Waals surface area (Å²) in [4.78, 5) is 8.42. The van der Waals surface area contributed by atoms with Crippen molar-refractivity contribution >= 4 is 23.0 Å². The van der Waals surface area contributed by atoms with E-state index >= 15 is 0 Å². The first-order valence-electron chi connectivity index (χ1n) is 6.64. The summed E-state index contributed by atoms with van der Waals surface area (Å²) in [6.45, 7) is 5.53. The molecule has 2 N–H and O–H groups in total. The molecule has 0 unspecified atom stereocenters. The molecule has 0 bridgehead atoms. The van der Waals surface area contributed by atoms with E-state index in [1.807, 2.05) is 44.2 Å². The number of aromatic nitrogens is 2. The molecule has 0 atom stereocenters. The number of hydrogen-bond donors (Lipinski definition) is 2. The van der Waals surface area contributed by atoms with Crippen LogP contribution in [-0.4, -0.2) is 23.1 Å². The fraction of sp³-hybridized carbons (Fsp3) is 0.286. The Hall–Kier alpha value is -2.50. The first-order valence-corrected chi connectivity index (χ1v) is 6.64. The zero-order chi connectivity index (χ0) is 14.2. The maximum Gasteiger partial charge on any atom is 0.170 e. The van der Waals surface area contributed by atoms with Gasteiger partial charge in [-0.2, -0.15) is 5.11 Å². The molecule has 0 fully saturated rings. The normalized spacial score (nSPS) is 10.7. The molecule has 0 aliphatic heterocycles. The van der Waals surface area contributed by atoms with E-state index < -0.39 is 0 Å². The average molecular weight is 270 g/mol. The van der Waals surface area contributed by atoms with Gasteiger partial charge in [-0.1, -0.05) is 18.2 Å². The fourth-order valence-corrected chi connectivity index (χ4v) is 1.67. The highest BCUT2D eigenvalue weighted by atomic mass is 15.2. The molecule has 104 valence electrons. The molecule has 2 rings (SSSR count). The van der Waals surface area contributed by atoms with Crippen molar-refractivity contribution in [1.82, 2.24) is 9.97 Å². The molecule has 1 aromatic carbocycles. The van der Waals surface area contributed by atoms with E-state index in [1.165, 1.54) is 6.33 Å². The summed E-state index contributed by atoms with van der Waals surface area (Å²) in [5.41, 5.74) is 1.42. The Bertz CT molecular complexity index is 543. The van der Waals surface area contributed by atoms with Crippen molar-refractivity contribution in [2.75, 3.05) is 23.7 Å². The van der Waals surface area contributed by atoms with Crippen molar-refractivity contribution in [1.29, 1.82) is 0 Å². The molecule has 0 aliphatic carbocycles. The number of nitrogens with zero attached hydrogens (tertiary/aromatic N) is 4. The topological polar surface area (TPSA) is 74.6 Å². The summed E-state index contributed by atoms with van der Waals surface area (Å²) < 4.78 is 0. The van der Waals surface area contributed by atoms with Gasteiger partial charge in [-0.05, 0) is 26.0 Å². The Kier molecular flexibility index (Phi) is 5.00. The van der Waals surface area contributed by atoms with Gasteiger partial charge in [-0.25, -0.2) is 9.97 Å². The first-order chi connectivity index (χ1) is 9.85. The van der Waals surface area contributed by atoms with E-state index in [9.17, 15) is 0 Å². The summed E-state index contributed by atoms with van der Waals surface area (Å²) in [6.07, 6.45) is 1.51. The molecule has 1 heterocycles. The van der Waals surface area contributed by atoms with E-state index in [2.05, 4.69) is 30.8 Å². The van der Waals surface area contributed by atoms with Crippen LogP contribution in [-0.2, 0) is 0 Å². The zero-order valence-corrected chi connectivity index (χ0v) is 11.7. The molecule has 0 amide bonds. The lowest BCUT2D eigenvalue weighted by Crippen LogP contribution is -2.04. The predicted molar refractivity (Wildman–Crippen MR) is 81.0 cm³/mol. The molecule has 20 heavy (non-hydrogen) atoms. The molecule has 6 nitrogen and oxygen atoms in total. The van der Waals surface area contributed by atoms with Crippen molar-refractivity contribution in [3.8, 4) is 0 Å². The Morgan fingerprint density at radius 3 is 2.05 bits per heavy atom. The van der Waals surface area contributed by atoms with Crippen LogP contribution in [0.4, 0.5) is 23.0 Å². The Morgan fingerprint density at radius 2 is 1.50 bits per heavy atom. The lowest BCUT2D eigenvalue weighted by molar-refractivity contribution is 1.06. The van der Waals surface area contributed by atoms with Crippen LogP contribution in [0.2, 0.25) is 0 Å². The summed E-state index contributed by atoms with van der Waals surface area (Å²) in [5, 5.41) is 14.8. The van der Waals surface area contributed by atoms with Gasteiger partial charge >= 0.3 is 0 Å². The molecule has 2 aromatic rings. The molecule has 0 saturated heterocycles. The number of rotatable bonds is 6. The van der Waals surface area contributed by atoms with Crippen LogP contribution in [0.3, 0.4) is 0 Å². The molecule has 0 radical (unpaired) electrons. The van der Waals surface area contributed by atoms with Gasteiger partial charge in [0.15, 0.2) is 17.3 Å². The van der Waals surface area contributed by atoms with E-state index in [-0.39, 0.29) is 0 Å². The van der Waals surface area contributed by atoms with Crippen LogP contribution in [0.15, 0.2) is 46.9 Å². The second-order valence-electron chi connectivity index (χ2n) is 4.02. The van der Waals surface area contributed by atoms with Crippen molar-refractivity contribution in [2.45, 2.75) is 13.8 Å². The molecule has 1 aromatic heterocycles. The molecule has 0 spiro atoms. The van der Waals surface area contributed by atoms with Crippen molar-refractivity contribution in [2.24, 2.45) is 10.2 Å². The van der Waals surface area contributed by atoms with Crippen LogP contribution >= 0.6 is 0 Å². The maximum absolute atomic E-state index is 4.29. The molecule has 0 saturated carbocycles. The third-order valence-corrected chi connectivity index (χ3v) is 2.53. The highest BCUT2D eigenvalue weighted by Gasteiger charge is 2.09. The van der Waals surface area contributed by atoms with Gasteiger partial charge in [0.1, 0.15) is 6.33 Å². The Labute approximate surface area is 118 Å². The highest BCUT2D eigenvalue weighted by molar-refractivity contribution is 5.73. The van der Waals surface area contributed by atoms with Crippen molar-refractivity contribution in [3.05, 3.63) is 36.7 Å². The quantitative estimate of drug-likeness (QED) is 0.784. The standard InChI is InChI=1S/C14H18N6/c1-3-15-13-12(14(16-4-2)18-10-17-13)20-19-11-8-6-5-7-9-11/h5-10H,3-4H2,1-2H3,(H2,15,16,17,18). The predicted octanol–water partition coefficient (Wildman–Crippen LogP) is 3.76. The molecular weight excluding hydrogens is 252 g/mol. The fourth-order valence-electron chi connectivity index (χ4n) is 1.67. The van der Waals surface area contributed by atoms with Crippen molar-refractivity contribution in [3.63, 3.8) is 0 Å². The minimum atomic E-state index is 0.625. The minimum Gasteiger partial charge on any atom is -0.368 e. The van der Waals surface area contributed by atoms with E-state index in [0.717, 1.165) is 18.8 Å². The lowest BCUT2D eigenvalue weighted by Gasteiger charge is -2.09. The Morgan fingerprint density at radius 1 is 0.900 bits per heavy atom. The average Bonchev–Trinajstić information content (AvgIpc) is 2.48. The molecular formula is C14H18N6. The smallest absolute Gasteiger partial charge is 0.170 e. The number of hydrogen-bond acceptors (Lipinski definition) is 6. The third kappa shape index (κ3) is 3.50. The first kappa shape index (κ1) is 13.9. The van der Waals surface area contributed by atoms with Crippen LogP contribution < -0.4 is 10.6 Å². The van der Waals surface area contributed by atoms with Gasteiger partial charge in [0, 0.05) is 13.1 Å². The van der Waals surface area contributed by atoms with E-state index in [4.69, 9.17) is 0 Å². The Balaban J connectivity index is 2.34. The van der Waals surface area contributed by atoms with Gasteiger partial charge in [-0.3, -0.25) is 0 Å². The van der Waals surface area contributed by atoms with Gasteiger partial charge in [0.05, 0.1) is 5.69 Å². The van der Waals surface area contributed by atoms with Gasteiger partial charge in [0.25, 0.3) is 0 Å². The monoisotopic (exact) mass is 270 g/mol. The van der Waals surface area contributed by atoms with Gasteiger partial charge in [0.2, 0.25) is 0 Å². The number of anilines is 2. The maximum atomic E-state index is 4.29. The van der Waals surface area contributed by atoms with E-state index in [1.54, 1.807) is 0 Å². The second-order valence-corrected chi connectivity index (χ2v) is 4.02. The highest BCUT2D eigenvalue weighted by Crippen LogP contribution is 2.31. The minimum absolute atomic E-state index is 0.625. The summed E-state index contributed by atoms with van der Waals surface area (Å²) >= 11 is 0. The lowest BCUT2D eigenvalue weighted by atomic mass is 10.3. The van der Waals surface area contributed by atoms with E-state index in [0.29, 0.717) is 17.3 Å². The summed E-state index contributed by atoms with van der Waals surface area (Å²) in [7, 11) is 0. The number of azo groups is 1. The largest absolute Gasteiger partial charge is 0.368 e. The summed E-state index contributed by atoms with van der Waals surface area (Å²) in [6, 6.07) is 9.58. The van der Waals surface area contributed by atoms with Crippen LogP contribution in [0.25, 0.3) is 0 Å². The van der Waals surface area contributed by atoms with Crippen molar-refractivity contribution < 1.29 is 0 Å². The van der Waals surface area contributed by atoms with Gasteiger partial charge in [-0.15, -0.1) is 5.11 Å². The third-order valence-electron chi connectivity index (χ3n) is 2.53. The van der Waals surface area contributed by atoms with Crippen LogP contribution in [0, 0.1) is 0 Å². The zero-order valence-electron chi connectivity index (χ0n) is 11.7. The SMILES string of the molecule is CCNc1ncnc(NCC)c1N=Nc1ccccc1.